The average molecular weight is 305 g/mol. The Morgan fingerprint density at radius 1 is 1.10 bits per heavy atom. The average Bonchev–Trinajstić information content (AvgIpc) is 2.73. The van der Waals surface area contributed by atoms with Crippen molar-refractivity contribution in [3.8, 4) is 0 Å². The molecule has 3 rings (SSSR count). The number of nitrogens with zero attached hydrogens (tertiary/aromatic N) is 1. The molecule has 1 aliphatic carbocycles. The number of benzene rings is 1. The van der Waals surface area contributed by atoms with Crippen LogP contribution in [0.15, 0.2) is 36.4 Å². The van der Waals surface area contributed by atoms with E-state index in [0.29, 0.717) is 12.8 Å². The lowest BCUT2D eigenvalue weighted by atomic mass is 9.85. The molecule has 2 atom stereocenters. The summed E-state index contributed by atoms with van der Waals surface area (Å²) >= 11 is 5.94. The van der Waals surface area contributed by atoms with E-state index in [1.54, 1.807) is 18.2 Å². The summed E-state index contributed by atoms with van der Waals surface area (Å²) in [6, 6.07) is 6.48. The van der Waals surface area contributed by atoms with Gasteiger partial charge in [-0.1, -0.05) is 35.9 Å². The number of carbonyl (C=O) groups is 3. The van der Waals surface area contributed by atoms with Crippen LogP contribution in [-0.4, -0.2) is 22.7 Å². The van der Waals surface area contributed by atoms with E-state index in [1.807, 2.05) is 12.2 Å². The van der Waals surface area contributed by atoms with E-state index >= 15 is 0 Å². The van der Waals surface area contributed by atoms with E-state index in [1.165, 1.54) is 6.07 Å². The van der Waals surface area contributed by atoms with E-state index in [-0.39, 0.29) is 34.2 Å². The summed E-state index contributed by atoms with van der Waals surface area (Å²) in [5, 5.41) is 1.11. The first-order valence-electron chi connectivity index (χ1n) is 6.68. The van der Waals surface area contributed by atoms with Gasteiger partial charge in [-0.2, -0.15) is 5.01 Å². The van der Waals surface area contributed by atoms with Gasteiger partial charge in [0.05, 0.1) is 22.4 Å². The molecule has 0 bridgehead atoms. The summed E-state index contributed by atoms with van der Waals surface area (Å²) in [7, 11) is 0. The number of carbonyl (C=O) groups excluding carboxylic acids is 3. The minimum Gasteiger partial charge on any atom is -0.272 e. The topological polar surface area (TPSA) is 66.5 Å². The lowest BCUT2D eigenvalue weighted by Gasteiger charge is -2.16. The fraction of sp³-hybridized carbons (Fsp3) is 0.267. The number of halogens is 1. The third-order valence-electron chi connectivity index (χ3n) is 3.84. The fourth-order valence-corrected chi connectivity index (χ4v) is 2.94. The maximum absolute atomic E-state index is 12.2. The molecule has 1 heterocycles. The van der Waals surface area contributed by atoms with E-state index in [0.717, 1.165) is 5.01 Å². The number of allylic oxidation sites excluding steroid dienone is 2. The largest absolute Gasteiger partial charge is 0.272 e. The molecule has 1 saturated heterocycles. The zero-order chi connectivity index (χ0) is 15.0. The molecule has 0 unspecified atom stereocenters. The second-order valence-electron chi connectivity index (χ2n) is 5.09. The van der Waals surface area contributed by atoms with Gasteiger partial charge < -0.3 is 0 Å². The van der Waals surface area contributed by atoms with Crippen molar-refractivity contribution in [1.82, 2.24) is 10.4 Å². The zero-order valence-electron chi connectivity index (χ0n) is 11.1. The van der Waals surface area contributed by atoms with Crippen molar-refractivity contribution in [2.45, 2.75) is 12.8 Å². The van der Waals surface area contributed by atoms with Crippen molar-refractivity contribution in [1.29, 1.82) is 0 Å². The molecule has 1 aromatic rings. The van der Waals surface area contributed by atoms with E-state index in [4.69, 9.17) is 11.6 Å². The van der Waals surface area contributed by atoms with Crippen LogP contribution in [0.1, 0.15) is 23.2 Å². The van der Waals surface area contributed by atoms with Gasteiger partial charge in [-0.15, -0.1) is 0 Å². The molecular formula is C15H13ClN2O3. The Bertz CT molecular complexity index is 630. The summed E-state index contributed by atoms with van der Waals surface area (Å²) in [5.74, 6) is -2.00. The smallest absolute Gasteiger partial charge is 0.271 e. The molecule has 1 aliphatic heterocycles. The van der Waals surface area contributed by atoms with Crippen molar-refractivity contribution < 1.29 is 14.4 Å². The molecule has 108 valence electrons. The van der Waals surface area contributed by atoms with Crippen LogP contribution in [0.2, 0.25) is 5.02 Å². The quantitative estimate of drug-likeness (QED) is 0.670. The van der Waals surface area contributed by atoms with Crippen LogP contribution in [0.25, 0.3) is 0 Å². The molecule has 0 saturated carbocycles. The number of amides is 3. The number of imide groups is 1. The van der Waals surface area contributed by atoms with Gasteiger partial charge in [0.1, 0.15) is 0 Å². The van der Waals surface area contributed by atoms with Gasteiger partial charge in [0.15, 0.2) is 0 Å². The van der Waals surface area contributed by atoms with Crippen LogP contribution in [0, 0.1) is 11.8 Å². The summed E-state index contributed by atoms with van der Waals surface area (Å²) in [6.07, 6.45) is 4.86. The van der Waals surface area contributed by atoms with E-state index in [9.17, 15) is 14.4 Å². The molecule has 0 radical (unpaired) electrons. The van der Waals surface area contributed by atoms with E-state index < -0.39 is 5.91 Å². The Labute approximate surface area is 126 Å². The Kier molecular flexibility index (Phi) is 3.51. The first-order valence-corrected chi connectivity index (χ1v) is 7.05. The standard InChI is InChI=1S/C15H13ClN2O3/c16-12-8-4-3-7-11(12)13(19)17-18-14(20)9-5-1-2-6-10(9)15(18)21/h1-4,7-10H,5-6H2,(H,17,19)/t9-,10+. The van der Waals surface area contributed by atoms with Crippen molar-refractivity contribution in [3.63, 3.8) is 0 Å². The Morgan fingerprint density at radius 2 is 1.67 bits per heavy atom. The molecular weight excluding hydrogens is 292 g/mol. The van der Waals surface area contributed by atoms with Crippen LogP contribution in [0.4, 0.5) is 0 Å². The van der Waals surface area contributed by atoms with Crippen LogP contribution in [0.3, 0.4) is 0 Å². The van der Waals surface area contributed by atoms with Crippen molar-refractivity contribution in [3.05, 3.63) is 47.0 Å². The number of hydrazine groups is 1. The first kappa shape index (κ1) is 13.8. The van der Waals surface area contributed by atoms with Crippen LogP contribution in [0.5, 0.6) is 0 Å². The Morgan fingerprint density at radius 3 is 2.24 bits per heavy atom. The molecule has 1 aromatic carbocycles. The summed E-state index contributed by atoms with van der Waals surface area (Å²) in [6.45, 7) is 0. The van der Waals surface area contributed by atoms with Gasteiger partial charge >= 0.3 is 0 Å². The highest BCUT2D eigenvalue weighted by atomic mass is 35.5. The van der Waals surface area contributed by atoms with Gasteiger partial charge in [0.25, 0.3) is 17.7 Å². The second kappa shape index (κ2) is 5.33. The normalized spacial score (nSPS) is 24.1. The molecule has 21 heavy (non-hydrogen) atoms. The summed E-state index contributed by atoms with van der Waals surface area (Å²) < 4.78 is 0. The minimum absolute atomic E-state index is 0.229. The third-order valence-corrected chi connectivity index (χ3v) is 4.17. The van der Waals surface area contributed by atoms with Gasteiger partial charge in [-0.3, -0.25) is 19.8 Å². The molecule has 3 amide bonds. The lowest BCUT2D eigenvalue weighted by molar-refractivity contribution is -0.142. The predicted molar refractivity (Wildman–Crippen MR) is 76.1 cm³/mol. The van der Waals surface area contributed by atoms with Gasteiger partial charge in [-0.05, 0) is 25.0 Å². The minimum atomic E-state index is -0.561. The maximum atomic E-state index is 12.2. The fourth-order valence-electron chi connectivity index (χ4n) is 2.72. The van der Waals surface area contributed by atoms with Gasteiger partial charge in [0.2, 0.25) is 0 Å². The van der Waals surface area contributed by atoms with Crippen molar-refractivity contribution in [2.24, 2.45) is 11.8 Å². The second-order valence-corrected chi connectivity index (χ2v) is 5.50. The van der Waals surface area contributed by atoms with Crippen LogP contribution >= 0.6 is 11.6 Å². The first-order chi connectivity index (χ1) is 10.1. The highest BCUT2D eigenvalue weighted by Crippen LogP contribution is 2.34. The molecule has 1 N–H and O–H groups in total. The summed E-state index contributed by atoms with van der Waals surface area (Å²) in [4.78, 5) is 36.6. The van der Waals surface area contributed by atoms with E-state index in [2.05, 4.69) is 5.43 Å². The number of rotatable bonds is 2. The van der Waals surface area contributed by atoms with Crippen LogP contribution in [-0.2, 0) is 9.59 Å². The predicted octanol–water partition coefficient (Wildman–Crippen LogP) is 1.94. The molecule has 1 fully saturated rings. The number of fused-ring (bicyclic) bond motifs is 1. The Balaban J connectivity index is 1.79. The highest BCUT2D eigenvalue weighted by molar-refractivity contribution is 6.33. The molecule has 6 heteroatoms. The summed E-state index contributed by atoms with van der Waals surface area (Å²) in [5.41, 5.74) is 2.60. The number of hydrogen-bond acceptors (Lipinski definition) is 3. The lowest BCUT2D eigenvalue weighted by Crippen LogP contribution is -2.46. The van der Waals surface area contributed by atoms with Crippen LogP contribution < -0.4 is 5.43 Å². The SMILES string of the molecule is O=C(NN1C(=O)[C@H]2CC=CC[C@H]2C1=O)c1ccccc1Cl. The highest BCUT2D eigenvalue weighted by Gasteiger charge is 2.48. The number of nitrogens with one attached hydrogen (secondary N) is 1. The van der Waals surface area contributed by atoms with Crippen molar-refractivity contribution in [2.75, 3.05) is 0 Å². The van der Waals surface area contributed by atoms with Crippen molar-refractivity contribution >= 4 is 29.3 Å². The zero-order valence-corrected chi connectivity index (χ0v) is 11.8. The third kappa shape index (κ3) is 2.34. The van der Waals surface area contributed by atoms with Gasteiger partial charge in [-0.25, -0.2) is 0 Å². The monoisotopic (exact) mass is 304 g/mol. The molecule has 2 aliphatic rings. The molecule has 5 nitrogen and oxygen atoms in total. The Hall–Kier alpha value is -2.14. The molecule has 0 spiro atoms. The molecule has 0 aromatic heterocycles. The van der Waals surface area contributed by atoms with Gasteiger partial charge in [0, 0.05) is 0 Å². The maximum Gasteiger partial charge on any atom is 0.271 e. The number of hydrogen-bond donors (Lipinski definition) is 1.